The lowest BCUT2D eigenvalue weighted by Gasteiger charge is -2.38. The van der Waals surface area contributed by atoms with Crippen molar-refractivity contribution < 1.29 is 29.0 Å². The summed E-state index contributed by atoms with van der Waals surface area (Å²) in [6.45, 7) is 1.44. The second-order valence-electron chi connectivity index (χ2n) is 6.01. The van der Waals surface area contributed by atoms with E-state index in [0.29, 0.717) is 25.6 Å². The molecule has 2 fully saturated rings. The number of hydrogen-bond donors (Lipinski definition) is 2. The Morgan fingerprint density at radius 3 is 2.73 bits per heavy atom. The molecule has 0 aliphatic carbocycles. The van der Waals surface area contributed by atoms with E-state index in [1.807, 2.05) is 4.90 Å². The number of nitrogens with zero attached hydrogens (tertiary/aromatic N) is 4. The highest BCUT2D eigenvalue weighted by Crippen LogP contribution is 2.32. The average Bonchev–Trinajstić information content (AvgIpc) is 2.87. The van der Waals surface area contributed by atoms with Crippen LogP contribution in [0.1, 0.15) is 23.3 Å². The fraction of sp³-hybridized carbons (Fsp3) is 0.533. The number of aromatic nitrogens is 2. The summed E-state index contributed by atoms with van der Waals surface area (Å²) in [7, 11) is 2.99. The molecule has 142 valence electrons. The zero-order valence-corrected chi connectivity index (χ0v) is 14.5. The first kappa shape index (κ1) is 19.2. The van der Waals surface area contributed by atoms with Gasteiger partial charge in [-0.15, -0.1) is 0 Å². The van der Waals surface area contributed by atoms with E-state index in [-0.39, 0.29) is 24.1 Å². The molecule has 3 N–H and O–H groups in total. The highest BCUT2D eigenvalue weighted by Gasteiger charge is 2.47. The molecule has 1 aromatic heterocycles. The number of likely N-dealkylation sites (N-methyl/N-ethyl adjacent to an activating group) is 1. The SMILES string of the molecule is COC(=O)c1cc(N)nc(N2CCCC3(CN(C)C(=O)O3)C2)n1.O=CO. The van der Waals surface area contributed by atoms with Gasteiger partial charge in [-0.05, 0) is 12.8 Å². The molecule has 2 aliphatic heterocycles. The zero-order chi connectivity index (χ0) is 19.3. The van der Waals surface area contributed by atoms with Gasteiger partial charge in [-0.1, -0.05) is 0 Å². The number of anilines is 2. The van der Waals surface area contributed by atoms with Crippen molar-refractivity contribution in [3.8, 4) is 0 Å². The Kier molecular flexibility index (Phi) is 5.80. The Labute approximate surface area is 149 Å². The molecule has 0 radical (unpaired) electrons. The fourth-order valence-corrected chi connectivity index (χ4v) is 3.08. The van der Waals surface area contributed by atoms with E-state index in [4.69, 9.17) is 20.4 Å². The molecule has 3 rings (SSSR count). The third kappa shape index (κ3) is 4.10. The van der Waals surface area contributed by atoms with Crippen LogP contribution in [0, 0.1) is 0 Å². The molecule has 26 heavy (non-hydrogen) atoms. The molecule has 2 saturated heterocycles. The van der Waals surface area contributed by atoms with Crippen molar-refractivity contribution in [2.75, 3.05) is 44.4 Å². The average molecular weight is 367 g/mol. The van der Waals surface area contributed by atoms with Crippen molar-refractivity contribution in [2.45, 2.75) is 18.4 Å². The van der Waals surface area contributed by atoms with Crippen LogP contribution in [0.2, 0.25) is 0 Å². The largest absolute Gasteiger partial charge is 0.483 e. The van der Waals surface area contributed by atoms with E-state index < -0.39 is 11.6 Å². The van der Waals surface area contributed by atoms with E-state index >= 15 is 0 Å². The molecule has 11 nitrogen and oxygen atoms in total. The van der Waals surface area contributed by atoms with Crippen LogP contribution in [0.5, 0.6) is 0 Å². The van der Waals surface area contributed by atoms with E-state index in [2.05, 4.69) is 14.7 Å². The molecule has 0 saturated carbocycles. The Morgan fingerprint density at radius 2 is 2.15 bits per heavy atom. The monoisotopic (exact) mass is 367 g/mol. The number of esters is 1. The summed E-state index contributed by atoms with van der Waals surface area (Å²) < 4.78 is 10.2. The van der Waals surface area contributed by atoms with Gasteiger partial charge < -0.3 is 30.1 Å². The molecular formula is C15H21N5O6. The van der Waals surface area contributed by atoms with Crippen molar-refractivity contribution in [3.05, 3.63) is 11.8 Å². The first-order valence-electron chi connectivity index (χ1n) is 7.84. The number of nitrogen functional groups attached to an aromatic ring is 1. The standard InChI is InChI=1S/C14H19N5O4.CH2O2/c1-18-7-14(23-13(18)21)4-3-5-19(8-14)12-16-9(11(20)22-2)6-10(15)17-12;2-1-3/h6H,3-5,7-8H2,1-2H3,(H2,15,16,17);1H,(H,2,3). The van der Waals surface area contributed by atoms with Crippen molar-refractivity contribution in [1.82, 2.24) is 14.9 Å². The lowest BCUT2D eigenvalue weighted by molar-refractivity contribution is -0.122. The number of carbonyl (C=O) groups excluding carboxylic acids is 2. The number of nitrogens with two attached hydrogens (primary N) is 1. The summed E-state index contributed by atoms with van der Waals surface area (Å²) in [5.74, 6) is -0.0373. The smallest absolute Gasteiger partial charge is 0.410 e. The molecule has 2 aliphatic rings. The fourth-order valence-electron chi connectivity index (χ4n) is 3.08. The Morgan fingerprint density at radius 1 is 1.46 bits per heavy atom. The first-order valence-corrected chi connectivity index (χ1v) is 7.84. The second kappa shape index (κ2) is 7.85. The first-order chi connectivity index (χ1) is 12.3. The second-order valence-corrected chi connectivity index (χ2v) is 6.01. The van der Waals surface area contributed by atoms with Crippen LogP contribution >= 0.6 is 0 Å². The third-order valence-electron chi connectivity index (χ3n) is 4.09. The van der Waals surface area contributed by atoms with Crippen LogP contribution in [0.3, 0.4) is 0 Å². The number of hydrogen-bond acceptors (Lipinski definition) is 9. The zero-order valence-electron chi connectivity index (χ0n) is 14.5. The lowest BCUT2D eigenvalue weighted by Crippen LogP contribution is -2.51. The molecule has 1 unspecified atom stereocenters. The molecular weight excluding hydrogens is 346 g/mol. The Bertz CT molecular complexity index is 699. The van der Waals surface area contributed by atoms with Gasteiger partial charge in [-0.2, -0.15) is 4.98 Å². The van der Waals surface area contributed by atoms with Crippen LogP contribution in [-0.2, 0) is 14.3 Å². The van der Waals surface area contributed by atoms with Crippen LogP contribution in [0.25, 0.3) is 0 Å². The van der Waals surface area contributed by atoms with Gasteiger partial charge in [-0.3, -0.25) is 4.79 Å². The topological polar surface area (TPSA) is 148 Å². The van der Waals surface area contributed by atoms with Gasteiger partial charge in [0.1, 0.15) is 11.4 Å². The van der Waals surface area contributed by atoms with Gasteiger partial charge in [0.2, 0.25) is 5.95 Å². The van der Waals surface area contributed by atoms with Gasteiger partial charge >= 0.3 is 12.1 Å². The van der Waals surface area contributed by atoms with Crippen LogP contribution in [0.15, 0.2) is 6.07 Å². The molecule has 0 aromatic carbocycles. The predicted octanol–water partition coefficient (Wildman–Crippen LogP) is -0.0328. The predicted molar refractivity (Wildman–Crippen MR) is 89.8 cm³/mol. The highest BCUT2D eigenvalue weighted by atomic mass is 16.6. The van der Waals surface area contributed by atoms with E-state index in [1.165, 1.54) is 13.2 Å². The molecule has 1 atom stereocenters. The number of rotatable bonds is 2. The van der Waals surface area contributed by atoms with Crippen LogP contribution in [0.4, 0.5) is 16.6 Å². The summed E-state index contributed by atoms with van der Waals surface area (Å²) in [6.07, 6.45) is 1.29. The Balaban J connectivity index is 0.000000758. The summed E-state index contributed by atoms with van der Waals surface area (Å²) >= 11 is 0. The quantitative estimate of drug-likeness (QED) is 0.539. The van der Waals surface area contributed by atoms with Gasteiger partial charge in [0, 0.05) is 19.7 Å². The summed E-state index contributed by atoms with van der Waals surface area (Å²) in [5, 5.41) is 6.89. The minimum Gasteiger partial charge on any atom is -0.483 e. The number of piperidine rings is 1. The maximum absolute atomic E-state index is 11.7. The van der Waals surface area contributed by atoms with Gasteiger partial charge in [0.05, 0.1) is 20.2 Å². The molecule has 1 spiro atoms. The molecule has 1 aromatic rings. The van der Waals surface area contributed by atoms with Gasteiger partial charge in [0.15, 0.2) is 5.69 Å². The minimum atomic E-state index is -0.570. The van der Waals surface area contributed by atoms with E-state index in [9.17, 15) is 9.59 Å². The molecule has 0 bridgehead atoms. The number of carbonyl (C=O) groups is 3. The number of methoxy groups -OCH3 is 1. The van der Waals surface area contributed by atoms with Crippen molar-refractivity contribution in [2.24, 2.45) is 0 Å². The van der Waals surface area contributed by atoms with Gasteiger partial charge in [-0.25, -0.2) is 14.6 Å². The van der Waals surface area contributed by atoms with Crippen molar-refractivity contribution in [1.29, 1.82) is 0 Å². The van der Waals surface area contributed by atoms with Crippen molar-refractivity contribution in [3.63, 3.8) is 0 Å². The maximum atomic E-state index is 11.7. The third-order valence-corrected chi connectivity index (χ3v) is 4.09. The Hall–Kier alpha value is -3.11. The lowest BCUT2D eigenvalue weighted by atomic mass is 9.93. The number of carboxylic acid groups (broad SMARTS) is 1. The number of ether oxygens (including phenoxy) is 2. The van der Waals surface area contributed by atoms with Gasteiger partial charge in [0.25, 0.3) is 6.47 Å². The van der Waals surface area contributed by atoms with Crippen molar-refractivity contribution >= 4 is 30.3 Å². The molecule has 11 heteroatoms. The minimum absolute atomic E-state index is 0.107. The highest BCUT2D eigenvalue weighted by molar-refractivity contribution is 5.88. The summed E-state index contributed by atoms with van der Waals surface area (Å²) in [4.78, 5) is 43.6. The molecule has 3 heterocycles. The summed E-state index contributed by atoms with van der Waals surface area (Å²) in [6, 6.07) is 1.37. The normalized spacial score (nSPS) is 21.7. The van der Waals surface area contributed by atoms with E-state index in [0.717, 1.165) is 12.8 Å². The maximum Gasteiger partial charge on any atom is 0.410 e. The van der Waals surface area contributed by atoms with E-state index in [1.54, 1.807) is 11.9 Å². The van der Waals surface area contributed by atoms with Crippen LogP contribution in [-0.4, -0.2) is 77.9 Å². The van der Waals surface area contributed by atoms with Crippen LogP contribution < -0.4 is 10.6 Å². The summed E-state index contributed by atoms with van der Waals surface area (Å²) in [5.41, 5.74) is 5.31. The number of amides is 1. The molecule has 1 amide bonds.